The Labute approximate surface area is 140 Å². The summed E-state index contributed by atoms with van der Waals surface area (Å²) in [6.07, 6.45) is 4.17. The molecule has 1 heterocycles. The first-order valence-electron chi connectivity index (χ1n) is 8.95. The molecule has 1 aromatic carbocycles. The van der Waals surface area contributed by atoms with Crippen molar-refractivity contribution in [3.05, 3.63) is 35.4 Å². The van der Waals surface area contributed by atoms with Crippen LogP contribution >= 0.6 is 0 Å². The third-order valence-electron chi connectivity index (χ3n) is 5.62. The lowest BCUT2D eigenvalue weighted by Crippen LogP contribution is -2.60. The molecule has 1 saturated carbocycles. The van der Waals surface area contributed by atoms with Gasteiger partial charge in [0.1, 0.15) is 0 Å². The summed E-state index contributed by atoms with van der Waals surface area (Å²) in [6, 6.07) is 11.8. The van der Waals surface area contributed by atoms with Crippen LogP contribution in [0.5, 0.6) is 0 Å². The van der Waals surface area contributed by atoms with Crippen LogP contribution in [0.2, 0.25) is 0 Å². The van der Waals surface area contributed by atoms with Gasteiger partial charge in [-0.25, -0.2) is 0 Å². The SMILES string of the molecule is CC(C)(C)C1CN(C2CCC2)CCN1Cc1ccccc1C#N. The van der Waals surface area contributed by atoms with E-state index in [-0.39, 0.29) is 5.41 Å². The van der Waals surface area contributed by atoms with Gasteiger partial charge in [-0.15, -0.1) is 0 Å². The number of hydrogen-bond donors (Lipinski definition) is 0. The first-order valence-corrected chi connectivity index (χ1v) is 8.95. The molecule has 0 spiro atoms. The Bertz CT molecular complexity index is 577. The van der Waals surface area contributed by atoms with Crippen LogP contribution in [-0.2, 0) is 6.54 Å². The fraction of sp³-hybridized carbons (Fsp3) is 0.650. The number of nitriles is 1. The van der Waals surface area contributed by atoms with E-state index in [1.54, 1.807) is 0 Å². The van der Waals surface area contributed by atoms with Gasteiger partial charge < -0.3 is 0 Å². The highest BCUT2D eigenvalue weighted by molar-refractivity contribution is 5.37. The summed E-state index contributed by atoms with van der Waals surface area (Å²) in [4.78, 5) is 5.32. The van der Waals surface area contributed by atoms with Crippen LogP contribution in [0, 0.1) is 16.7 Å². The van der Waals surface area contributed by atoms with E-state index in [0.29, 0.717) is 6.04 Å². The van der Waals surface area contributed by atoms with Gasteiger partial charge in [-0.3, -0.25) is 9.80 Å². The summed E-state index contributed by atoms with van der Waals surface area (Å²) in [5, 5.41) is 9.35. The highest BCUT2D eigenvalue weighted by atomic mass is 15.3. The summed E-state index contributed by atoms with van der Waals surface area (Å²) in [6.45, 7) is 11.4. The third-order valence-corrected chi connectivity index (χ3v) is 5.62. The highest BCUT2D eigenvalue weighted by Crippen LogP contribution is 2.33. The van der Waals surface area contributed by atoms with Crippen LogP contribution < -0.4 is 0 Å². The molecule has 0 radical (unpaired) electrons. The molecular formula is C20H29N3. The second-order valence-electron chi connectivity index (χ2n) is 8.20. The van der Waals surface area contributed by atoms with E-state index in [1.807, 2.05) is 18.2 Å². The molecule has 1 unspecified atom stereocenters. The normalized spacial score (nSPS) is 24.2. The lowest BCUT2D eigenvalue weighted by Gasteiger charge is -2.51. The lowest BCUT2D eigenvalue weighted by atomic mass is 9.82. The topological polar surface area (TPSA) is 30.3 Å². The van der Waals surface area contributed by atoms with Gasteiger partial charge in [0, 0.05) is 38.3 Å². The Hall–Kier alpha value is -1.37. The molecule has 3 rings (SSSR count). The first kappa shape index (κ1) is 16.5. The fourth-order valence-electron chi connectivity index (χ4n) is 3.92. The Morgan fingerprint density at radius 1 is 1.17 bits per heavy atom. The molecule has 2 fully saturated rings. The number of hydrogen-bond acceptors (Lipinski definition) is 3. The predicted molar refractivity (Wildman–Crippen MR) is 94.0 cm³/mol. The molecule has 1 aromatic rings. The monoisotopic (exact) mass is 311 g/mol. The van der Waals surface area contributed by atoms with Crippen molar-refractivity contribution in [1.29, 1.82) is 5.26 Å². The molecule has 1 aliphatic heterocycles. The van der Waals surface area contributed by atoms with Gasteiger partial charge in [-0.05, 0) is 29.9 Å². The second kappa shape index (κ2) is 6.63. The molecular weight excluding hydrogens is 282 g/mol. The lowest BCUT2D eigenvalue weighted by molar-refractivity contribution is -0.0210. The van der Waals surface area contributed by atoms with E-state index >= 15 is 0 Å². The van der Waals surface area contributed by atoms with Crippen molar-refractivity contribution in [2.75, 3.05) is 19.6 Å². The maximum Gasteiger partial charge on any atom is 0.0995 e. The van der Waals surface area contributed by atoms with Crippen LogP contribution in [0.25, 0.3) is 0 Å². The molecule has 23 heavy (non-hydrogen) atoms. The number of benzene rings is 1. The maximum absolute atomic E-state index is 9.35. The number of piperazine rings is 1. The van der Waals surface area contributed by atoms with E-state index in [0.717, 1.165) is 24.7 Å². The van der Waals surface area contributed by atoms with E-state index in [1.165, 1.54) is 37.9 Å². The van der Waals surface area contributed by atoms with Crippen molar-refractivity contribution in [2.45, 2.75) is 58.7 Å². The van der Waals surface area contributed by atoms with E-state index in [4.69, 9.17) is 0 Å². The molecule has 1 saturated heterocycles. The van der Waals surface area contributed by atoms with Crippen molar-refractivity contribution in [2.24, 2.45) is 5.41 Å². The number of nitrogens with zero attached hydrogens (tertiary/aromatic N) is 3. The minimum Gasteiger partial charge on any atom is -0.298 e. The third kappa shape index (κ3) is 3.59. The van der Waals surface area contributed by atoms with Crippen molar-refractivity contribution < 1.29 is 0 Å². The summed E-state index contributed by atoms with van der Waals surface area (Å²) >= 11 is 0. The summed E-state index contributed by atoms with van der Waals surface area (Å²) in [5.41, 5.74) is 2.24. The maximum atomic E-state index is 9.35. The smallest absolute Gasteiger partial charge is 0.0995 e. The van der Waals surface area contributed by atoms with Gasteiger partial charge in [0.15, 0.2) is 0 Å². The van der Waals surface area contributed by atoms with Crippen molar-refractivity contribution in [3.63, 3.8) is 0 Å². The van der Waals surface area contributed by atoms with E-state index in [2.05, 4.69) is 42.7 Å². The van der Waals surface area contributed by atoms with Crippen LogP contribution in [0.4, 0.5) is 0 Å². The van der Waals surface area contributed by atoms with Crippen molar-refractivity contribution in [1.82, 2.24) is 9.80 Å². The molecule has 2 aliphatic rings. The zero-order valence-corrected chi connectivity index (χ0v) is 14.8. The Morgan fingerprint density at radius 3 is 2.52 bits per heavy atom. The summed E-state index contributed by atoms with van der Waals surface area (Å²) in [5.74, 6) is 0. The van der Waals surface area contributed by atoms with Gasteiger partial charge in [-0.2, -0.15) is 5.26 Å². The molecule has 0 N–H and O–H groups in total. The Kier molecular flexibility index (Phi) is 4.75. The Morgan fingerprint density at radius 2 is 1.91 bits per heavy atom. The second-order valence-corrected chi connectivity index (χ2v) is 8.20. The summed E-state index contributed by atoms with van der Waals surface area (Å²) in [7, 11) is 0. The number of rotatable bonds is 3. The predicted octanol–water partition coefficient (Wildman–Crippen LogP) is 3.64. The largest absolute Gasteiger partial charge is 0.298 e. The molecule has 3 heteroatoms. The van der Waals surface area contributed by atoms with Crippen LogP contribution in [0.15, 0.2) is 24.3 Å². The first-order chi connectivity index (χ1) is 11.0. The molecule has 1 atom stereocenters. The van der Waals surface area contributed by atoms with Crippen molar-refractivity contribution >= 4 is 0 Å². The van der Waals surface area contributed by atoms with Gasteiger partial charge in [0.2, 0.25) is 0 Å². The highest BCUT2D eigenvalue weighted by Gasteiger charge is 2.38. The molecule has 3 nitrogen and oxygen atoms in total. The summed E-state index contributed by atoms with van der Waals surface area (Å²) < 4.78 is 0. The average Bonchev–Trinajstić information content (AvgIpc) is 2.46. The van der Waals surface area contributed by atoms with Gasteiger partial charge >= 0.3 is 0 Å². The molecule has 0 amide bonds. The van der Waals surface area contributed by atoms with Crippen molar-refractivity contribution in [3.8, 4) is 6.07 Å². The Balaban J connectivity index is 1.76. The van der Waals surface area contributed by atoms with Crippen LogP contribution in [0.3, 0.4) is 0 Å². The minimum atomic E-state index is 0.254. The molecule has 0 bridgehead atoms. The molecule has 0 aromatic heterocycles. The van der Waals surface area contributed by atoms with Gasteiger partial charge in [0.05, 0.1) is 11.6 Å². The minimum absolute atomic E-state index is 0.254. The quantitative estimate of drug-likeness (QED) is 0.853. The molecule has 1 aliphatic carbocycles. The van der Waals surface area contributed by atoms with E-state index < -0.39 is 0 Å². The molecule has 124 valence electrons. The average molecular weight is 311 g/mol. The van der Waals surface area contributed by atoms with Gasteiger partial charge in [-0.1, -0.05) is 45.4 Å². The zero-order valence-electron chi connectivity index (χ0n) is 14.8. The fourth-order valence-corrected chi connectivity index (χ4v) is 3.92. The van der Waals surface area contributed by atoms with Gasteiger partial charge in [0.25, 0.3) is 0 Å². The van der Waals surface area contributed by atoms with E-state index in [9.17, 15) is 5.26 Å². The standard InChI is InChI=1S/C20H29N3/c1-20(2,3)19-15-22(18-9-6-10-18)11-12-23(19)14-17-8-5-4-7-16(17)13-21/h4-5,7-8,18-19H,6,9-12,14-15H2,1-3H3. The zero-order chi connectivity index (χ0) is 16.4. The van der Waals surface area contributed by atoms with Crippen LogP contribution in [-0.4, -0.2) is 41.5 Å². The van der Waals surface area contributed by atoms with Crippen LogP contribution in [0.1, 0.15) is 51.2 Å².